The van der Waals surface area contributed by atoms with Gasteiger partial charge in [0.25, 0.3) is 5.91 Å². The maximum absolute atomic E-state index is 11.8. The van der Waals surface area contributed by atoms with Gasteiger partial charge in [0, 0.05) is 30.9 Å². The van der Waals surface area contributed by atoms with Crippen LogP contribution in [0.1, 0.15) is 10.4 Å². The minimum atomic E-state index is -0.332. The maximum Gasteiger partial charge on any atom is 0.319 e. The van der Waals surface area contributed by atoms with E-state index in [2.05, 4.69) is 15.4 Å². The molecule has 0 heterocycles. The van der Waals surface area contributed by atoms with Crippen LogP contribution in [-0.2, 0) is 14.3 Å². The van der Waals surface area contributed by atoms with Crippen molar-refractivity contribution in [2.45, 2.75) is 0 Å². The number of likely N-dealkylation sites (N-methyl/N-ethyl adjacent to an activating group) is 1. The molecule has 0 saturated carbocycles. The fourth-order valence-electron chi connectivity index (χ4n) is 1.72. The Bertz CT molecular complexity index is 581. The van der Waals surface area contributed by atoms with Gasteiger partial charge in [-0.05, 0) is 31.3 Å². The Kier molecular flexibility index (Phi) is 7.49. The summed E-state index contributed by atoms with van der Waals surface area (Å²) < 4.78 is 4.55. The van der Waals surface area contributed by atoms with Crippen molar-refractivity contribution in [1.82, 2.24) is 10.2 Å². The molecule has 0 saturated heterocycles. The van der Waals surface area contributed by atoms with E-state index in [9.17, 15) is 14.4 Å². The second-order valence-electron chi connectivity index (χ2n) is 4.82. The van der Waals surface area contributed by atoms with Crippen LogP contribution in [0.25, 0.3) is 0 Å². The van der Waals surface area contributed by atoms with Crippen molar-refractivity contribution in [3.05, 3.63) is 42.0 Å². The van der Waals surface area contributed by atoms with Crippen LogP contribution in [0.5, 0.6) is 0 Å². The summed E-state index contributed by atoms with van der Waals surface area (Å²) in [6, 6.07) is 6.56. The van der Waals surface area contributed by atoms with E-state index in [1.165, 1.54) is 13.2 Å². The maximum atomic E-state index is 11.8. The zero-order valence-corrected chi connectivity index (χ0v) is 13.5. The average Bonchev–Trinajstić information content (AvgIpc) is 2.54. The smallest absolute Gasteiger partial charge is 0.319 e. The van der Waals surface area contributed by atoms with Crippen molar-refractivity contribution < 1.29 is 19.1 Å². The van der Waals surface area contributed by atoms with Gasteiger partial charge in [-0.2, -0.15) is 0 Å². The molecular weight excluding hydrogens is 298 g/mol. The fourth-order valence-corrected chi connectivity index (χ4v) is 1.72. The molecule has 0 fully saturated rings. The predicted molar refractivity (Wildman–Crippen MR) is 87.1 cm³/mol. The van der Waals surface area contributed by atoms with E-state index in [1.54, 1.807) is 49.3 Å². The number of nitrogens with one attached hydrogen (secondary N) is 2. The molecule has 0 aliphatic heterocycles. The van der Waals surface area contributed by atoms with Gasteiger partial charge in [-0.15, -0.1) is 0 Å². The van der Waals surface area contributed by atoms with Gasteiger partial charge in [-0.25, -0.2) is 0 Å². The van der Waals surface area contributed by atoms with Gasteiger partial charge in [0.05, 0.1) is 13.7 Å². The Labute approximate surface area is 135 Å². The van der Waals surface area contributed by atoms with Gasteiger partial charge in [0.15, 0.2) is 0 Å². The number of anilines is 1. The molecule has 1 rings (SSSR count). The Morgan fingerprint density at radius 3 is 2.43 bits per heavy atom. The van der Waals surface area contributed by atoms with Crippen LogP contribution in [0, 0.1) is 0 Å². The summed E-state index contributed by atoms with van der Waals surface area (Å²) in [5, 5.41) is 5.21. The number of carbonyl (C=O) groups is 3. The monoisotopic (exact) mass is 319 g/mol. The average molecular weight is 319 g/mol. The van der Waals surface area contributed by atoms with Gasteiger partial charge < -0.3 is 15.4 Å². The predicted octanol–water partition coefficient (Wildman–Crippen LogP) is 0.646. The van der Waals surface area contributed by atoms with Crippen molar-refractivity contribution in [1.29, 1.82) is 0 Å². The summed E-state index contributed by atoms with van der Waals surface area (Å²) in [4.78, 5) is 35.9. The molecule has 0 aliphatic carbocycles. The van der Waals surface area contributed by atoms with Gasteiger partial charge in [0.2, 0.25) is 5.91 Å². The number of amides is 2. The van der Waals surface area contributed by atoms with E-state index in [0.717, 1.165) is 0 Å². The van der Waals surface area contributed by atoms with Gasteiger partial charge in [0.1, 0.15) is 0 Å². The summed E-state index contributed by atoms with van der Waals surface area (Å²) in [5.74, 6) is -0.804. The van der Waals surface area contributed by atoms with E-state index in [-0.39, 0.29) is 24.3 Å². The molecule has 7 nitrogen and oxygen atoms in total. The first-order valence-corrected chi connectivity index (χ1v) is 7.01. The SMILES string of the molecule is CNC(=O)c1ccc(NC(=O)/C=C/CN(C)CC(=O)OC)cc1. The first kappa shape index (κ1) is 18.4. The number of esters is 1. The van der Waals surface area contributed by atoms with E-state index >= 15 is 0 Å². The summed E-state index contributed by atoms with van der Waals surface area (Å²) in [7, 11) is 4.63. The Morgan fingerprint density at radius 1 is 1.22 bits per heavy atom. The van der Waals surface area contributed by atoms with E-state index in [4.69, 9.17) is 0 Å². The van der Waals surface area contributed by atoms with Crippen LogP contribution < -0.4 is 10.6 Å². The lowest BCUT2D eigenvalue weighted by Gasteiger charge is -2.11. The third-order valence-electron chi connectivity index (χ3n) is 2.95. The zero-order chi connectivity index (χ0) is 17.2. The zero-order valence-electron chi connectivity index (χ0n) is 13.5. The van der Waals surface area contributed by atoms with Gasteiger partial charge >= 0.3 is 5.97 Å². The molecule has 2 amide bonds. The molecule has 0 aliphatic rings. The fraction of sp³-hybridized carbons (Fsp3) is 0.312. The van der Waals surface area contributed by atoms with Crippen LogP contribution in [0.4, 0.5) is 5.69 Å². The second kappa shape index (κ2) is 9.37. The number of hydrogen-bond donors (Lipinski definition) is 2. The lowest BCUT2D eigenvalue weighted by Crippen LogP contribution is -2.27. The standard InChI is InChI=1S/C16H21N3O4/c1-17-16(22)12-6-8-13(9-7-12)18-14(20)5-4-10-19(2)11-15(21)23-3/h4-9H,10-11H2,1-3H3,(H,17,22)(H,18,20)/b5-4+. The molecule has 124 valence electrons. The quantitative estimate of drug-likeness (QED) is 0.569. The number of hydrogen-bond acceptors (Lipinski definition) is 5. The molecule has 1 aromatic carbocycles. The Hall–Kier alpha value is -2.67. The van der Waals surface area contributed by atoms with Crippen LogP contribution in [0.15, 0.2) is 36.4 Å². The molecule has 23 heavy (non-hydrogen) atoms. The molecular formula is C16H21N3O4. The van der Waals surface area contributed by atoms with Crippen molar-refractivity contribution in [3.63, 3.8) is 0 Å². The number of benzene rings is 1. The Balaban J connectivity index is 2.45. The molecule has 7 heteroatoms. The molecule has 0 radical (unpaired) electrons. The summed E-state index contributed by atoms with van der Waals surface area (Å²) >= 11 is 0. The van der Waals surface area contributed by atoms with Crippen LogP contribution >= 0.6 is 0 Å². The highest BCUT2D eigenvalue weighted by atomic mass is 16.5. The van der Waals surface area contributed by atoms with Crippen LogP contribution in [0.3, 0.4) is 0 Å². The molecule has 1 aromatic rings. The number of rotatable bonds is 7. The minimum absolute atomic E-state index is 0.156. The van der Waals surface area contributed by atoms with E-state index in [0.29, 0.717) is 17.8 Å². The highest BCUT2D eigenvalue weighted by Crippen LogP contribution is 2.09. The molecule has 0 bridgehead atoms. The van der Waals surface area contributed by atoms with E-state index in [1.807, 2.05) is 0 Å². The normalized spacial score (nSPS) is 10.6. The van der Waals surface area contributed by atoms with Crippen molar-refractivity contribution in [2.24, 2.45) is 0 Å². The third-order valence-corrected chi connectivity index (χ3v) is 2.95. The number of ether oxygens (including phenoxy) is 1. The van der Waals surface area contributed by atoms with Gasteiger partial charge in [-0.3, -0.25) is 19.3 Å². The second-order valence-corrected chi connectivity index (χ2v) is 4.82. The van der Waals surface area contributed by atoms with Crippen LogP contribution in [-0.4, -0.2) is 57.0 Å². The lowest BCUT2D eigenvalue weighted by molar-refractivity contribution is -0.141. The Morgan fingerprint density at radius 2 is 1.87 bits per heavy atom. The minimum Gasteiger partial charge on any atom is -0.468 e. The number of methoxy groups -OCH3 is 1. The van der Waals surface area contributed by atoms with Crippen LogP contribution in [0.2, 0.25) is 0 Å². The van der Waals surface area contributed by atoms with Gasteiger partial charge in [-0.1, -0.05) is 6.08 Å². The highest BCUT2D eigenvalue weighted by molar-refractivity contribution is 6.00. The summed E-state index contributed by atoms with van der Waals surface area (Å²) in [5.41, 5.74) is 1.11. The van der Waals surface area contributed by atoms with Crippen molar-refractivity contribution in [3.8, 4) is 0 Å². The molecule has 0 aromatic heterocycles. The number of nitrogens with zero attached hydrogens (tertiary/aromatic N) is 1. The first-order valence-electron chi connectivity index (χ1n) is 7.01. The summed E-state index contributed by atoms with van der Waals surface area (Å²) in [6.45, 7) is 0.599. The third kappa shape index (κ3) is 6.75. The van der Waals surface area contributed by atoms with E-state index < -0.39 is 0 Å². The first-order chi connectivity index (χ1) is 11.0. The molecule has 0 unspecified atom stereocenters. The van der Waals surface area contributed by atoms with Crippen molar-refractivity contribution in [2.75, 3.05) is 39.6 Å². The largest absolute Gasteiger partial charge is 0.468 e. The molecule has 0 spiro atoms. The molecule has 0 atom stereocenters. The lowest BCUT2D eigenvalue weighted by atomic mass is 10.2. The van der Waals surface area contributed by atoms with Crippen molar-refractivity contribution >= 4 is 23.5 Å². The topological polar surface area (TPSA) is 87.7 Å². The number of carbonyl (C=O) groups excluding carboxylic acids is 3. The highest BCUT2D eigenvalue weighted by Gasteiger charge is 2.05. The summed E-state index contributed by atoms with van der Waals surface area (Å²) in [6.07, 6.45) is 3.04. The molecule has 2 N–H and O–H groups in total.